The van der Waals surface area contributed by atoms with Crippen molar-refractivity contribution in [1.82, 2.24) is 19.9 Å². The second kappa shape index (κ2) is 10.8. The molecule has 4 rings (SSSR count). The molecule has 2 aromatic heterocycles. The van der Waals surface area contributed by atoms with Crippen molar-refractivity contribution in [3.05, 3.63) is 34.8 Å². The normalized spacial score (nSPS) is 16.4. The Balaban J connectivity index is 1.41. The molecule has 1 unspecified atom stereocenters. The Bertz CT molecular complexity index is 1220. The van der Waals surface area contributed by atoms with Gasteiger partial charge in [-0.25, -0.2) is 4.79 Å². The van der Waals surface area contributed by atoms with Gasteiger partial charge in [0.15, 0.2) is 10.6 Å². The Kier molecular flexibility index (Phi) is 7.78. The van der Waals surface area contributed by atoms with E-state index < -0.39 is 0 Å². The molecule has 1 aliphatic heterocycles. The van der Waals surface area contributed by atoms with Crippen molar-refractivity contribution < 1.29 is 18.8 Å². The van der Waals surface area contributed by atoms with Crippen LogP contribution in [0.3, 0.4) is 0 Å². The molecular formula is C24H34N6O4S. The second-order valence-electron chi connectivity index (χ2n) is 9.51. The SMILES string of the molecule is C/N=c1/sc2cc(OCCN3CCOCC3)ccc2n1C(C)NC(=O)Nc1cc(C(C)(C)C)on1. The first kappa shape index (κ1) is 25.2. The first-order valence-corrected chi connectivity index (χ1v) is 12.6. The first-order valence-electron chi connectivity index (χ1n) is 11.8. The third-order valence-electron chi connectivity index (χ3n) is 5.79. The maximum absolute atomic E-state index is 12.6. The summed E-state index contributed by atoms with van der Waals surface area (Å²) in [6.45, 7) is 12.9. The number of rotatable bonds is 7. The van der Waals surface area contributed by atoms with E-state index >= 15 is 0 Å². The summed E-state index contributed by atoms with van der Waals surface area (Å²) in [6, 6.07) is 7.36. The molecule has 0 saturated carbocycles. The molecule has 1 atom stereocenters. The van der Waals surface area contributed by atoms with Crippen LogP contribution in [-0.4, -0.2) is 67.2 Å². The number of morpholine rings is 1. The first-order chi connectivity index (χ1) is 16.7. The molecule has 0 radical (unpaired) electrons. The molecule has 10 nitrogen and oxygen atoms in total. The van der Waals surface area contributed by atoms with Crippen LogP contribution >= 0.6 is 11.3 Å². The molecule has 3 aromatic rings. The number of benzene rings is 1. The van der Waals surface area contributed by atoms with Crippen molar-refractivity contribution in [3.63, 3.8) is 0 Å². The number of carbonyl (C=O) groups is 1. The van der Waals surface area contributed by atoms with Crippen LogP contribution in [-0.2, 0) is 10.2 Å². The zero-order valence-corrected chi connectivity index (χ0v) is 21.8. The molecule has 0 bridgehead atoms. The van der Waals surface area contributed by atoms with Crippen molar-refractivity contribution in [2.75, 3.05) is 51.8 Å². The minimum atomic E-state index is -0.372. The van der Waals surface area contributed by atoms with Crippen LogP contribution in [0, 0.1) is 0 Å². The van der Waals surface area contributed by atoms with Crippen molar-refractivity contribution in [1.29, 1.82) is 0 Å². The van der Waals surface area contributed by atoms with Crippen molar-refractivity contribution in [2.24, 2.45) is 4.99 Å². The highest BCUT2D eigenvalue weighted by molar-refractivity contribution is 7.16. The molecule has 35 heavy (non-hydrogen) atoms. The van der Waals surface area contributed by atoms with E-state index in [0.717, 1.165) is 53.6 Å². The van der Waals surface area contributed by atoms with Gasteiger partial charge in [-0.15, -0.1) is 0 Å². The van der Waals surface area contributed by atoms with E-state index in [4.69, 9.17) is 14.0 Å². The summed E-state index contributed by atoms with van der Waals surface area (Å²) in [6.07, 6.45) is -0.343. The zero-order valence-electron chi connectivity index (χ0n) is 21.0. The number of thiazole rings is 1. The molecule has 190 valence electrons. The Morgan fingerprint density at radius 1 is 1.29 bits per heavy atom. The largest absolute Gasteiger partial charge is 0.492 e. The van der Waals surface area contributed by atoms with Crippen molar-refractivity contribution in [3.8, 4) is 5.75 Å². The van der Waals surface area contributed by atoms with Crippen LogP contribution in [0.15, 0.2) is 33.8 Å². The zero-order chi connectivity index (χ0) is 25.0. The van der Waals surface area contributed by atoms with Gasteiger partial charge in [0, 0.05) is 38.2 Å². The molecule has 1 aromatic carbocycles. The minimum Gasteiger partial charge on any atom is -0.492 e. The van der Waals surface area contributed by atoms with E-state index in [1.807, 2.05) is 50.5 Å². The van der Waals surface area contributed by atoms with Gasteiger partial charge in [0.1, 0.15) is 24.3 Å². The molecule has 1 fully saturated rings. The highest BCUT2D eigenvalue weighted by Crippen LogP contribution is 2.26. The maximum Gasteiger partial charge on any atom is 0.322 e. The molecule has 0 spiro atoms. The van der Waals surface area contributed by atoms with Gasteiger partial charge in [0.2, 0.25) is 0 Å². The van der Waals surface area contributed by atoms with E-state index in [0.29, 0.717) is 18.2 Å². The number of urea groups is 1. The highest BCUT2D eigenvalue weighted by Gasteiger charge is 2.21. The molecule has 2 amide bonds. The fourth-order valence-corrected chi connectivity index (χ4v) is 4.94. The Labute approximate surface area is 208 Å². The van der Waals surface area contributed by atoms with E-state index in [1.165, 1.54) is 0 Å². The summed E-state index contributed by atoms with van der Waals surface area (Å²) in [5.74, 6) is 1.90. The van der Waals surface area contributed by atoms with E-state index in [9.17, 15) is 4.79 Å². The lowest BCUT2D eigenvalue weighted by atomic mass is 9.93. The van der Waals surface area contributed by atoms with Gasteiger partial charge in [-0.05, 0) is 25.1 Å². The average Bonchev–Trinajstić information content (AvgIpc) is 3.43. The number of ether oxygens (including phenoxy) is 2. The number of fused-ring (bicyclic) bond motifs is 1. The molecular weight excluding hydrogens is 468 g/mol. The highest BCUT2D eigenvalue weighted by atomic mass is 32.1. The van der Waals surface area contributed by atoms with Gasteiger partial charge in [0.25, 0.3) is 0 Å². The standard InChI is InChI=1S/C24H34N6O4S/c1-16(26-22(31)27-21-15-20(34-28-21)24(2,3)4)30-18-7-6-17(14-19(18)35-23(30)25-5)33-13-10-29-8-11-32-12-9-29/h6-7,14-16H,8-13H2,1-5H3,(H2,26,27,28,31)/b25-23+. The maximum atomic E-state index is 12.6. The number of hydrogen-bond acceptors (Lipinski definition) is 8. The number of carbonyl (C=O) groups excluding carboxylic acids is 1. The third-order valence-corrected chi connectivity index (χ3v) is 6.90. The Morgan fingerprint density at radius 3 is 2.74 bits per heavy atom. The summed E-state index contributed by atoms with van der Waals surface area (Å²) in [4.78, 5) is 20.2. The third kappa shape index (κ3) is 6.22. The van der Waals surface area contributed by atoms with E-state index in [-0.39, 0.29) is 17.6 Å². The fraction of sp³-hybridized carbons (Fsp3) is 0.542. The lowest BCUT2D eigenvalue weighted by Gasteiger charge is -2.26. The van der Waals surface area contributed by atoms with E-state index in [1.54, 1.807) is 24.5 Å². The van der Waals surface area contributed by atoms with E-state index in [2.05, 4.69) is 25.7 Å². The van der Waals surface area contributed by atoms with Crippen LogP contribution in [0.25, 0.3) is 10.2 Å². The monoisotopic (exact) mass is 502 g/mol. The van der Waals surface area contributed by atoms with Crippen molar-refractivity contribution >= 4 is 33.4 Å². The Morgan fingerprint density at radius 2 is 2.06 bits per heavy atom. The Hall–Kier alpha value is -2.89. The topological polar surface area (TPSA) is 106 Å². The average molecular weight is 503 g/mol. The summed E-state index contributed by atoms with van der Waals surface area (Å²) >= 11 is 1.56. The lowest BCUT2D eigenvalue weighted by molar-refractivity contribution is 0.0322. The van der Waals surface area contributed by atoms with Gasteiger partial charge in [-0.3, -0.25) is 19.8 Å². The van der Waals surface area contributed by atoms with Gasteiger partial charge in [-0.2, -0.15) is 0 Å². The number of nitrogens with zero attached hydrogens (tertiary/aromatic N) is 4. The number of amides is 2. The quantitative estimate of drug-likeness (QED) is 0.512. The summed E-state index contributed by atoms with van der Waals surface area (Å²) < 4.78 is 19.8. The van der Waals surface area contributed by atoms with Gasteiger partial charge in [-0.1, -0.05) is 37.3 Å². The summed E-state index contributed by atoms with van der Waals surface area (Å²) in [5.41, 5.74) is 0.783. The number of nitrogens with one attached hydrogen (secondary N) is 2. The molecule has 1 saturated heterocycles. The minimum absolute atomic E-state index is 0.190. The van der Waals surface area contributed by atoms with Crippen molar-refractivity contribution in [2.45, 2.75) is 39.3 Å². The van der Waals surface area contributed by atoms with Gasteiger partial charge in [0.05, 0.1) is 23.4 Å². The fourth-order valence-electron chi connectivity index (χ4n) is 3.85. The van der Waals surface area contributed by atoms with Gasteiger partial charge >= 0.3 is 6.03 Å². The predicted octanol–water partition coefficient (Wildman–Crippen LogP) is 3.57. The van der Waals surface area contributed by atoms with Crippen LogP contribution < -0.4 is 20.2 Å². The van der Waals surface area contributed by atoms with Crippen LogP contribution in [0.2, 0.25) is 0 Å². The molecule has 2 N–H and O–H groups in total. The van der Waals surface area contributed by atoms with Crippen LogP contribution in [0.5, 0.6) is 5.75 Å². The van der Waals surface area contributed by atoms with Gasteiger partial charge < -0.3 is 19.3 Å². The van der Waals surface area contributed by atoms with Crippen LogP contribution in [0.4, 0.5) is 10.6 Å². The van der Waals surface area contributed by atoms with Crippen LogP contribution in [0.1, 0.15) is 39.6 Å². The lowest BCUT2D eigenvalue weighted by Crippen LogP contribution is -2.38. The predicted molar refractivity (Wildman–Crippen MR) is 136 cm³/mol. The summed E-state index contributed by atoms with van der Waals surface area (Å²) in [7, 11) is 1.75. The number of aromatic nitrogens is 2. The molecule has 3 heterocycles. The number of anilines is 1. The smallest absolute Gasteiger partial charge is 0.322 e. The summed E-state index contributed by atoms with van der Waals surface area (Å²) in [5, 5.41) is 9.65. The molecule has 1 aliphatic rings. The second-order valence-corrected chi connectivity index (χ2v) is 10.5. The number of hydrogen-bond donors (Lipinski definition) is 2. The molecule has 11 heteroatoms. The molecule has 0 aliphatic carbocycles.